The summed E-state index contributed by atoms with van der Waals surface area (Å²) in [5.41, 5.74) is 7.48. The molecule has 3 aliphatic heterocycles. The van der Waals surface area contributed by atoms with Crippen LogP contribution in [0.3, 0.4) is 0 Å². The average Bonchev–Trinajstić information content (AvgIpc) is 3.09. The van der Waals surface area contributed by atoms with Gasteiger partial charge in [0.05, 0.1) is 6.54 Å². The third-order valence-electron chi connectivity index (χ3n) is 10.7. The molecular formula is C39H50N6O3. The van der Waals surface area contributed by atoms with Crippen molar-refractivity contribution in [1.82, 2.24) is 30.0 Å². The van der Waals surface area contributed by atoms with Crippen LogP contribution in [-0.4, -0.2) is 75.1 Å². The molecule has 0 radical (unpaired) electrons. The van der Waals surface area contributed by atoms with Gasteiger partial charge in [0.1, 0.15) is 11.9 Å². The molecule has 1 unspecified atom stereocenters. The van der Waals surface area contributed by atoms with E-state index >= 15 is 0 Å². The lowest BCUT2D eigenvalue weighted by atomic mass is 9.87. The Kier molecular flexibility index (Phi) is 11.0. The number of amides is 3. The second-order valence-corrected chi connectivity index (χ2v) is 14.4. The van der Waals surface area contributed by atoms with E-state index < -0.39 is 6.04 Å². The molecule has 3 fully saturated rings. The van der Waals surface area contributed by atoms with Gasteiger partial charge in [0.25, 0.3) is 0 Å². The first-order valence-electron chi connectivity index (χ1n) is 17.7. The van der Waals surface area contributed by atoms with E-state index in [9.17, 15) is 14.4 Å². The summed E-state index contributed by atoms with van der Waals surface area (Å²) in [6.07, 6.45) is 9.84. The molecule has 3 aromatic rings. The largest absolute Gasteiger partial charge is 0.329 e. The average molecular weight is 651 g/mol. The Labute approximate surface area is 285 Å². The standard InChI is InChI=1S/C39H50N6O3/c1-27(2)35-21-40-37(41-22-35)25-44-18-12-31(13-19-44)30-8-5-29(6-9-30)23-43-16-14-32(15-17-43)33-7-4-28(3)34(20-33)24-45(26-46)36-10-11-38(47)42-39(36)48/h4-9,20-22,26-27,31-32,36H,10-19,23-25H2,1-3H3,(H,42,47,48). The van der Waals surface area contributed by atoms with Gasteiger partial charge in [-0.05, 0) is 116 Å². The van der Waals surface area contributed by atoms with E-state index in [0.29, 0.717) is 30.7 Å². The molecule has 9 heteroatoms. The first-order chi connectivity index (χ1) is 23.2. The van der Waals surface area contributed by atoms with E-state index in [0.717, 1.165) is 75.5 Å². The van der Waals surface area contributed by atoms with Gasteiger partial charge in [0, 0.05) is 31.9 Å². The Balaban J connectivity index is 0.962. The number of carbonyl (C=O) groups excluding carboxylic acids is 3. The number of hydrogen-bond acceptors (Lipinski definition) is 7. The zero-order valence-electron chi connectivity index (χ0n) is 28.7. The highest BCUT2D eigenvalue weighted by Gasteiger charge is 2.31. The van der Waals surface area contributed by atoms with Crippen molar-refractivity contribution in [3.05, 3.63) is 94.1 Å². The molecule has 2 aromatic carbocycles. The predicted octanol–water partition coefficient (Wildman–Crippen LogP) is 5.43. The van der Waals surface area contributed by atoms with E-state index in [2.05, 4.69) is 81.4 Å². The van der Waals surface area contributed by atoms with E-state index in [4.69, 9.17) is 0 Å². The number of piperidine rings is 3. The van der Waals surface area contributed by atoms with Gasteiger partial charge in [0.2, 0.25) is 18.2 Å². The summed E-state index contributed by atoms with van der Waals surface area (Å²) in [4.78, 5) is 51.7. The van der Waals surface area contributed by atoms with Crippen LogP contribution in [0.2, 0.25) is 0 Å². The SMILES string of the molecule is Cc1ccc(C2CCN(Cc3ccc(C4CCN(Cc5ncc(C(C)C)cn5)CC4)cc3)CC2)cc1CN(C=O)C1CCC(=O)NC1=O. The Morgan fingerprint density at radius 3 is 2.06 bits per heavy atom. The molecule has 3 amide bonds. The fourth-order valence-electron chi connectivity index (χ4n) is 7.48. The number of nitrogens with one attached hydrogen (secondary N) is 1. The third kappa shape index (κ3) is 8.36. The molecule has 0 saturated carbocycles. The van der Waals surface area contributed by atoms with Gasteiger partial charge in [0.15, 0.2) is 0 Å². The van der Waals surface area contributed by atoms with Gasteiger partial charge >= 0.3 is 0 Å². The molecular weight excluding hydrogens is 600 g/mol. The maximum atomic E-state index is 12.4. The minimum absolute atomic E-state index is 0.257. The molecule has 6 rings (SSSR count). The molecule has 48 heavy (non-hydrogen) atoms. The highest BCUT2D eigenvalue weighted by atomic mass is 16.2. The topological polar surface area (TPSA) is 98.7 Å². The number of nitrogens with zero attached hydrogens (tertiary/aromatic N) is 5. The van der Waals surface area contributed by atoms with Crippen molar-refractivity contribution in [2.75, 3.05) is 26.2 Å². The number of aryl methyl sites for hydroxylation is 1. The fraction of sp³-hybridized carbons (Fsp3) is 0.513. The van der Waals surface area contributed by atoms with Crippen LogP contribution in [0.4, 0.5) is 0 Å². The van der Waals surface area contributed by atoms with Crippen molar-refractivity contribution < 1.29 is 14.4 Å². The summed E-state index contributed by atoms with van der Waals surface area (Å²) in [6, 6.07) is 15.3. The number of hydrogen-bond donors (Lipinski definition) is 1. The van der Waals surface area contributed by atoms with Gasteiger partial charge in [-0.3, -0.25) is 29.5 Å². The minimum atomic E-state index is -0.604. The second-order valence-electron chi connectivity index (χ2n) is 14.4. The van der Waals surface area contributed by atoms with E-state index in [1.165, 1.54) is 40.0 Å². The van der Waals surface area contributed by atoms with Crippen molar-refractivity contribution in [3.8, 4) is 0 Å². The molecule has 3 aliphatic rings. The highest BCUT2D eigenvalue weighted by molar-refractivity contribution is 6.00. The molecule has 254 valence electrons. The van der Waals surface area contributed by atoms with Gasteiger partial charge in [-0.15, -0.1) is 0 Å². The number of imide groups is 1. The molecule has 1 atom stereocenters. The van der Waals surface area contributed by atoms with E-state index in [1.54, 1.807) is 0 Å². The first kappa shape index (κ1) is 33.9. The van der Waals surface area contributed by atoms with Crippen LogP contribution < -0.4 is 5.32 Å². The van der Waals surface area contributed by atoms with E-state index in [-0.39, 0.29) is 18.2 Å². The number of carbonyl (C=O) groups is 3. The molecule has 4 heterocycles. The van der Waals surface area contributed by atoms with Gasteiger partial charge in [-0.2, -0.15) is 0 Å². The molecule has 1 N–H and O–H groups in total. The van der Waals surface area contributed by atoms with Crippen LogP contribution in [0, 0.1) is 6.92 Å². The number of benzene rings is 2. The lowest BCUT2D eigenvalue weighted by Gasteiger charge is -2.33. The third-order valence-corrected chi connectivity index (χ3v) is 10.7. The van der Waals surface area contributed by atoms with Crippen molar-refractivity contribution in [3.63, 3.8) is 0 Å². The minimum Gasteiger partial charge on any atom is -0.329 e. The first-order valence-corrected chi connectivity index (χ1v) is 17.7. The second kappa shape index (κ2) is 15.5. The quantitative estimate of drug-likeness (QED) is 0.218. The van der Waals surface area contributed by atoms with Gasteiger partial charge < -0.3 is 4.90 Å². The molecule has 3 saturated heterocycles. The van der Waals surface area contributed by atoms with Crippen LogP contribution in [0.5, 0.6) is 0 Å². The Bertz CT molecular complexity index is 1560. The summed E-state index contributed by atoms with van der Waals surface area (Å²) < 4.78 is 0. The van der Waals surface area contributed by atoms with Crippen molar-refractivity contribution >= 4 is 18.2 Å². The van der Waals surface area contributed by atoms with Crippen molar-refractivity contribution in [2.45, 2.75) is 103 Å². The molecule has 0 aliphatic carbocycles. The van der Waals surface area contributed by atoms with Gasteiger partial charge in [-0.25, -0.2) is 9.97 Å². The highest BCUT2D eigenvalue weighted by Crippen LogP contribution is 2.32. The lowest BCUT2D eigenvalue weighted by molar-refractivity contribution is -0.141. The number of aromatic nitrogens is 2. The zero-order valence-corrected chi connectivity index (χ0v) is 28.7. The van der Waals surface area contributed by atoms with Crippen LogP contribution in [0.1, 0.15) is 109 Å². The Morgan fingerprint density at radius 2 is 1.46 bits per heavy atom. The summed E-state index contributed by atoms with van der Waals surface area (Å²) in [6.45, 7) is 12.8. The monoisotopic (exact) mass is 650 g/mol. The maximum Gasteiger partial charge on any atom is 0.249 e. The lowest BCUT2D eigenvalue weighted by Crippen LogP contribution is -2.51. The van der Waals surface area contributed by atoms with Crippen LogP contribution in [0.25, 0.3) is 0 Å². The number of rotatable bonds is 11. The summed E-state index contributed by atoms with van der Waals surface area (Å²) >= 11 is 0. The van der Waals surface area contributed by atoms with Crippen LogP contribution in [-0.2, 0) is 34.0 Å². The van der Waals surface area contributed by atoms with Crippen LogP contribution in [0.15, 0.2) is 54.9 Å². The predicted molar refractivity (Wildman–Crippen MR) is 186 cm³/mol. The molecule has 1 aromatic heterocycles. The fourth-order valence-corrected chi connectivity index (χ4v) is 7.48. The van der Waals surface area contributed by atoms with Crippen LogP contribution >= 0.6 is 0 Å². The van der Waals surface area contributed by atoms with Gasteiger partial charge in [-0.1, -0.05) is 56.3 Å². The summed E-state index contributed by atoms with van der Waals surface area (Å²) in [5.74, 6) is 1.80. The molecule has 0 spiro atoms. The van der Waals surface area contributed by atoms with E-state index in [1.807, 2.05) is 19.3 Å². The molecule has 0 bridgehead atoms. The smallest absolute Gasteiger partial charge is 0.249 e. The summed E-state index contributed by atoms with van der Waals surface area (Å²) in [7, 11) is 0. The zero-order chi connectivity index (χ0) is 33.6. The number of likely N-dealkylation sites (tertiary alicyclic amines) is 2. The Morgan fingerprint density at radius 1 is 0.854 bits per heavy atom. The van der Waals surface area contributed by atoms with Crippen molar-refractivity contribution in [2.24, 2.45) is 0 Å². The summed E-state index contributed by atoms with van der Waals surface area (Å²) in [5, 5.41) is 2.37. The normalized spacial score (nSPS) is 20.2. The maximum absolute atomic E-state index is 12.4. The Hall–Kier alpha value is -3.95. The van der Waals surface area contributed by atoms with Crippen molar-refractivity contribution in [1.29, 1.82) is 0 Å². The molecule has 9 nitrogen and oxygen atoms in total.